The third-order valence-corrected chi connectivity index (χ3v) is 4.63. The Morgan fingerprint density at radius 3 is 2.70 bits per heavy atom. The van der Waals surface area contributed by atoms with Gasteiger partial charge in [0.2, 0.25) is 0 Å². The van der Waals surface area contributed by atoms with E-state index in [0.717, 1.165) is 13.0 Å². The molecule has 1 aliphatic heterocycles. The summed E-state index contributed by atoms with van der Waals surface area (Å²) in [5.74, 6) is 0.717. The molecule has 1 aliphatic rings. The Hall–Kier alpha value is -0.380. The van der Waals surface area contributed by atoms with Crippen LogP contribution in [0.1, 0.15) is 44.7 Å². The quantitative estimate of drug-likeness (QED) is 0.800. The summed E-state index contributed by atoms with van der Waals surface area (Å²) in [6.07, 6.45) is 3.90. The van der Waals surface area contributed by atoms with Gasteiger partial charge in [0, 0.05) is 17.1 Å². The van der Waals surface area contributed by atoms with E-state index in [2.05, 4.69) is 64.3 Å². The number of rotatable bonds is 7. The Bertz CT molecular complexity index is 402. The Kier molecular flexibility index (Phi) is 6.53. The Labute approximate surface area is 132 Å². The van der Waals surface area contributed by atoms with E-state index in [1.54, 1.807) is 0 Å². The topological polar surface area (TPSA) is 15.3 Å². The molecule has 2 unspecified atom stereocenters. The van der Waals surface area contributed by atoms with Crippen LogP contribution in [-0.2, 0) is 0 Å². The molecule has 3 heteroatoms. The lowest BCUT2D eigenvalue weighted by Gasteiger charge is -2.24. The van der Waals surface area contributed by atoms with Crippen molar-refractivity contribution in [2.75, 3.05) is 26.2 Å². The molecule has 2 nitrogen and oxygen atoms in total. The highest BCUT2D eigenvalue weighted by Gasteiger charge is 2.16. The summed E-state index contributed by atoms with van der Waals surface area (Å²) in [7, 11) is 0. The van der Waals surface area contributed by atoms with Crippen molar-refractivity contribution >= 4 is 15.9 Å². The first-order valence-electron chi connectivity index (χ1n) is 7.90. The van der Waals surface area contributed by atoms with E-state index in [1.807, 2.05) is 0 Å². The SMILES string of the molecule is CCC(NCC(C)CN1CCCC1)c1cccc(Br)c1. The number of nitrogens with zero attached hydrogens (tertiary/aromatic N) is 1. The van der Waals surface area contributed by atoms with Crippen molar-refractivity contribution in [1.29, 1.82) is 0 Å². The summed E-state index contributed by atoms with van der Waals surface area (Å²) < 4.78 is 1.17. The molecule has 0 spiro atoms. The second-order valence-corrected chi connectivity index (χ2v) is 6.95. The molecule has 0 saturated carbocycles. The number of nitrogens with one attached hydrogen (secondary N) is 1. The Balaban J connectivity index is 1.80. The van der Waals surface area contributed by atoms with Crippen molar-refractivity contribution in [1.82, 2.24) is 10.2 Å². The number of likely N-dealkylation sites (tertiary alicyclic amines) is 1. The highest BCUT2D eigenvalue weighted by molar-refractivity contribution is 9.10. The van der Waals surface area contributed by atoms with Gasteiger partial charge in [-0.25, -0.2) is 0 Å². The van der Waals surface area contributed by atoms with Gasteiger partial charge in [-0.3, -0.25) is 0 Å². The van der Waals surface area contributed by atoms with Crippen LogP contribution in [0.15, 0.2) is 28.7 Å². The van der Waals surface area contributed by atoms with Crippen molar-refractivity contribution in [3.05, 3.63) is 34.3 Å². The molecule has 20 heavy (non-hydrogen) atoms. The van der Waals surface area contributed by atoms with Crippen molar-refractivity contribution in [3.63, 3.8) is 0 Å². The smallest absolute Gasteiger partial charge is 0.0318 e. The lowest BCUT2D eigenvalue weighted by Crippen LogP contribution is -2.33. The van der Waals surface area contributed by atoms with Gasteiger partial charge in [-0.2, -0.15) is 0 Å². The third kappa shape index (κ3) is 4.87. The van der Waals surface area contributed by atoms with Gasteiger partial charge in [0.25, 0.3) is 0 Å². The summed E-state index contributed by atoms with van der Waals surface area (Å²) in [5, 5.41) is 3.74. The van der Waals surface area contributed by atoms with Crippen molar-refractivity contribution in [2.45, 2.75) is 39.2 Å². The molecule has 1 aromatic rings. The fraction of sp³-hybridized carbons (Fsp3) is 0.647. The van der Waals surface area contributed by atoms with Crippen LogP contribution >= 0.6 is 15.9 Å². The minimum absolute atomic E-state index is 0.466. The minimum Gasteiger partial charge on any atom is -0.310 e. The fourth-order valence-corrected chi connectivity index (χ4v) is 3.45. The number of benzene rings is 1. The summed E-state index contributed by atoms with van der Waals surface area (Å²) in [5.41, 5.74) is 1.38. The molecule has 1 saturated heterocycles. The molecule has 0 amide bonds. The normalized spacial score (nSPS) is 19.1. The van der Waals surface area contributed by atoms with Gasteiger partial charge in [-0.05, 0) is 62.5 Å². The van der Waals surface area contributed by atoms with E-state index in [-0.39, 0.29) is 0 Å². The van der Waals surface area contributed by atoms with E-state index < -0.39 is 0 Å². The zero-order valence-electron chi connectivity index (χ0n) is 12.7. The van der Waals surface area contributed by atoms with Crippen LogP contribution < -0.4 is 5.32 Å². The highest BCUT2D eigenvalue weighted by Crippen LogP contribution is 2.21. The van der Waals surface area contributed by atoms with Gasteiger partial charge in [-0.1, -0.05) is 41.9 Å². The van der Waals surface area contributed by atoms with Gasteiger partial charge in [0.15, 0.2) is 0 Å². The standard InChI is InChI=1S/C17H27BrN2/c1-3-17(15-7-6-8-16(18)11-15)19-12-14(2)13-20-9-4-5-10-20/h6-8,11,14,17,19H,3-5,9-10,12-13H2,1-2H3. The summed E-state index contributed by atoms with van der Waals surface area (Å²) in [6.45, 7) is 9.55. The van der Waals surface area contributed by atoms with Crippen LogP contribution in [0.4, 0.5) is 0 Å². The van der Waals surface area contributed by atoms with E-state index in [1.165, 1.54) is 42.5 Å². The second kappa shape index (κ2) is 8.16. The first kappa shape index (κ1) is 16.0. The van der Waals surface area contributed by atoms with Gasteiger partial charge < -0.3 is 10.2 Å². The summed E-state index contributed by atoms with van der Waals surface area (Å²) in [6, 6.07) is 9.13. The maximum Gasteiger partial charge on any atom is 0.0318 e. The Morgan fingerprint density at radius 1 is 1.30 bits per heavy atom. The largest absolute Gasteiger partial charge is 0.310 e. The van der Waals surface area contributed by atoms with Crippen LogP contribution in [0.5, 0.6) is 0 Å². The monoisotopic (exact) mass is 338 g/mol. The average molecular weight is 339 g/mol. The molecule has 0 aliphatic carbocycles. The molecule has 0 aromatic heterocycles. The molecule has 0 radical (unpaired) electrons. The zero-order valence-corrected chi connectivity index (χ0v) is 14.3. The van der Waals surface area contributed by atoms with E-state index in [4.69, 9.17) is 0 Å². The first-order valence-corrected chi connectivity index (χ1v) is 8.69. The molecule has 1 aromatic carbocycles. The Morgan fingerprint density at radius 2 is 2.05 bits per heavy atom. The van der Waals surface area contributed by atoms with Crippen molar-refractivity contribution < 1.29 is 0 Å². The fourth-order valence-electron chi connectivity index (χ4n) is 3.04. The van der Waals surface area contributed by atoms with Crippen LogP contribution in [0.25, 0.3) is 0 Å². The van der Waals surface area contributed by atoms with Crippen molar-refractivity contribution in [2.24, 2.45) is 5.92 Å². The zero-order chi connectivity index (χ0) is 14.4. The summed E-state index contributed by atoms with van der Waals surface area (Å²) >= 11 is 3.56. The lowest BCUT2D eigenvalue weighted by molar-refractivity contribution is 0.277. The molecular formula is C17H27BrN2. The lowest BCUT2D eigenvalue weighted by atomic mass is 10.0. The molecule has 112 valence electrons. The number of halogens is 1. The molecule has 2 atom stereocenters. The molecule has 1 fully saturated rings. The average Bonchev–Trinajstić information content (AvgIpc) is 2.92. The first-order chi connectivity index (χ1) is 9.69. The minimum atomic E-state index is 0.466. The summed E-state index contributed by atoms with van der Waals surface area (Å²) in [4.78, 5) is 2.60. The van der Waals surface area contributed by atoms with E-state index >= 15 is 0 Å². The van der Waals surface area contributed by atoms with Gasteiger partial charge in [0.1, 0.15) is 0 Å². The van der Waals surface area contributed by atoms with Gasteiger partial charge in [-0.15, -0.1) is 0 Å². The van der Waals surface area contributed by atoms with Crippen LogP contribution in [0.2, 0.25) is 0 Å². The predicted molar refractivity (Wildman–Crippen MR) is 90.0 cm³/mol. The number of hydrogen-bond acceptors (Lipinski definition) is 2. The van der Waals surface area contributed by atoms with Gasteiger partial charge in [0.05, 0.1) is 0 Å². The van der Waals surface area contributed by atoms with E-state index in [9.17, 15) is 0 Å². The van der Waals surface area contributed by atoms with Crippen molar-refractivity contribution in [3.8, 4) is 0 Å². The second-order valence-electron chi connectivity index (χ2n) is 6.04. The molecular weight excluding hydrogens is 312 g/mol. The molecule has 1 heterocycles. The maximum atomic E-state index is 3.74. The molecule has 2 rings (SSSR count). The third-order valence-electron chi connectivity index (χ3n) is 4.14. The maximum absolute atomic E-state index is 3.74. The highest BCUT2D eigenvalue weighted by atomic mass is 79.9. The van der Waals surface area contributed by atoms with Crippen LogP contribution in [0.3, 0.4) is 0 Å². The van der Waals surface area contributed by atoms with E-state index in [0.29, 0.717) is 12.0 Å². The van der Waals surface area contributed by atoms with Crippen LogP contribution in [-0.4, -0.2) is 31.1 Å². The predicted octanol–water partition coefficient (Wildman–Crippen LogP) is 4.22. The molecule has 1 N–H and O–H groups in total. The number of hydrogen-bond donors (Lipinski definition) is 1. The van der Waals surface area contributed by atoms with Gasteiger partial charge >= 0.3 is 0 Å². The van der Waals surface area contributed by atoms with Crippen LogP contribution in [0, 0.1) is 5.92 Å². The molecule has 0 bridgehead atoms.